The number of piperidine rings is 1. The lowest BCUT2D eigenvalue weighted by atomic mass is 10.0. The Labute approximate surface area is 162 Å². The third-order valence-corrected chi connectivity index (χ3v) is 5.17. The van der Waals surface area contributed by atoms with E-state index in [1.54, 1.807) is 17.6 Å². The van der Waals surface area contributed by atoms with Crippen LogP contribution in [0.2, 0.25) is 0 Å². The van der Waals surface area contributed by atoms with E-state index in [1.165, 1.54) is 11.3 Å². The van der Waals surface area contributed by atoms with Crippen molar-refractivity contribution < 1.29 is 9.59 Å². The van der Waals surface area contributed by atoms with Crippen molar-refractivity contribution in [2.75, 3.05) is 18.4 Å². The molecule has 8 nitrogen and oxygen atoms in total. The van der Waals surface area contributed by atoms with E-state index in [0.29, 0.717) is 17.2 Å². The summed E-state index contributed by atoms with van der Waals surface area (Å²) in [5, 5.41) is 15.7. The Balaban J connectivity index is 1.64. The summed E-state index contributed by atoms with van der Waals surface area (Å²) < 4.78 is 1.84. The fraction of sp³-hybridized carbons (Fsp3) is 0.556. The van der Waals surface area contributed by atoms with Crippen LogP contribution < -0.4 is 16.0 Å². The maximum Gasteiger partial charge on any atom is 0.272 e. The van der Waals surface area contributed by atoms with Crippen LogP contribution in [0.3, 0.4) is 0 Å². The first-order chi connectivity index (χ1) is 13.0. The van der Waals surface area contributed by atoms with Gasteiger partial charge in [0.25, 0.3) is 5.91 Å². The Morgan fingerprint density at radius 2 is 2.30 bits per heavy atom. The second-order valence-electron chi connectivity index (χ2n) is 7.16. The van der Waals surface area contributed by atoms with E-state index in [4.69, 9.17) is 0 Å². The van der Waals surface area contributed by atoms with Gasteiger partial charge in [0.2, 0.25) is 5.91 Å². The van der Waals surface area contributed by atoms with E-state index in [0.717, 1.165) is 25.9 Å². The first-order valence-corrected chi connectivity index (χ1v) is 10.2. The normalized spacial score (nSPS) is 18.3. The highest BCUT2D eigenvalue weighted by Gasteiger charge is 2.25. The molecular weight excluding hydrogens is 364 g/mol. The van der Waals surface area contributed by atoms with Gasteiger partial charge in [-0.25, -0.2) is 4.98 Å². The molecule has 3 N–H and O–H groups in total. The van der Waals surface area contributed by atoms with Gasteiger partial charge < -0.3 is 16.0 Å². The molecule has 27 heavy (non-hydrogen) atoms. The number of nitrogens with zero attached hydrogens (tertiary/aromatic N) is 3. The summed E-state index contributed by atoms with van der Waals surface area (Å²) in [5.41, 5.74) is 0.330. The number of carbonyl (C=O) groups is 2. The molecule has 0 bridgehead atoms. The van der Waals surface area contributed by atoms with Gasteiger partial charge in [-0.1, -0.05) is 13.8 Å². The lowest BCUT2D eigenvalue weighted by Crippen LogP contribution is -2.44. The first-order valence-electron chi connectivity index (χ1n) is 9.30. The molecule has 0 aromatic carbocycles. The number of anilines is 1. The van der Waals surface area contributed by atoms with Crippen LogP contribution in [-0.4, -0.2) is 45.7 Å². The average molecular weight is 391 g/mol. The van der Waals surface area contributed by atoms with Crippen LogP contribution in [0, 0.1) is 5.92 Å². The Bertz CT molecular complexity index is 752. The zero-order valence-electron chi connectivity index (χ0n) is 15.6. The Kier molecular flexibility index (Phi) is 6.57. The molecule has 0 aliphatic carbocycles. The van der Waals surface area contributed by atoms with Crippen molar-refractivity contribution in [2.24, 2.45) is 5.92 Å². The smallest absolute Gasteiger partial charge is 0.272 e. The minimum absolute atomic E-state index is 0.253. The topological polar surface area (TPSA) is 101 Å². The highest BCUT2D eigenvalue weighted by atomic mass is 32.1. The van der Waals surface area contributed by atoms with Crippen LogP contribution in [0.5, 0.6) is 0 Å². The number of hydrogen-bond acceptors (Lipinski definition) is 6. The molecule has 1 saturated heterocycles. The molecule has 2 aromatic rings. The van der Waals surface area contributed by atoms with Crippen LogP contribution in [0.1, 0.15) is 49.6 Å². The second kappa shape index (κ2) is 9.09. The molecule has 2 unspecified atom stereocenters. The van der Waals surface area contributed by atoms with Crippen molar-refractivity contribution in [1.29, 1.82) is 0 Å². The summed E-state index contributed by atoms with van der Waals surface area (Å²) in [6.45, 7) is 5.91. The molecular formula is C18H26N6O2S. The minimum atomic E-state index is -0.636. The molecule has 3 rings (SSSR count). The maximum absolute atomic E-state index is 12.6. The van der Waals surface area contributed by atoms with Crippen molar-refractivity contribution in [3.63, 3.8) is 0 Å². The van der Waals surface area contributed by atoms with Crippen molar-refractivity contribution >= 4 is 28.3 Å². The van der Waals surface area contributed by atoms with Gasteiger partial charge in [0.1, 0.15) is 11.7 Å². The fourth-order valence-corrected chi connectivity index (χ4v) is 3.67. The lowest BCUT2D eigenvalue weighted by Gasteiger charge is -2.23. The molecule has 0 radical (unpaired) electrons. The van der Waals surface area contributed by atoms with Gasteiger partial charge in [-0.05, 0) is 37.8 Å². The van der Waals surface area contributed by atoms with Gasteiger partial charge in [-0.3, -0.25) is 14.3 Å². The number of aromatic nitrogens is 3. The first kappa shape index (κ1) is 19.5. The third-order valence-electron chi connectivity index (χ3n) is 4.48. The van der Waals surface area contributed by atoms with Crippen LogP contribution in [-0.2, 0) is 4.79 Å². The highest BCUT2D eigenvalue weighted by Crippen LogP contribution is 2.16. The Morgan fingerprint density at radius 3 is 2.96 bits per heavy atom. The van der Waals surface area contributed by atoms with E-state index in [2.05, 4.69) is 26.0 Å². The molecule has 3 heterocycles. The second-order valence-corrected chi connectivity index (χ2v) is 8.06. The molecule has 1 aliphatic heterocycles. The van der Waals surface area contributed by atoms with Crippen LogP contribution >= 0.6 is 11.3 Å². The molecule has 2 amide bonds. The number of hydrogen-bond donors (Lipinski definition) is 3. The standard InChI is InChI=1S/C18H26N6O2S/c1-12(2)10-15(17(26)22-18-20-7-9-27-18)21-16(25)14-5-8-24(23-14)13-4-3-6-19-11-13/h5,7-9,12-13,15,19H,3-4,6,10-11H2,1-2H3,(H,21,25)(H,20,22,26). The molecule has 1 aliphatic rings. The van der Waals surface area contributed by atoms with Gasteiger partial charge in [-0.15, -0.1) is 11.3 Å². The van der Waals surface area contributed by atoms with Crippen molar-refractivity contribution in [2.45, 2.75) is 45.2 Å². The minimum Gasteiger partial charge on any atom is -0.339 e. The molecule has 0 spiro atoms. The predicted molar refractivity (Wildman–Crippen MR) is 105 cm³/mol. The quantitative estimate of drug-likeness (QED) is 0.672. The van der Waals surface area contributed by atoms with E-state index >= 15 is 0 Å². The zero-order chi connectivity index (χ0) is 19.2. The van der Waals surface area contributed by atoms with Crippen LogP contribution in [0.15, 0.2) is 23.8 Å². The van der Waals surface area contributed by atoms with Crippen LogP contribution in [0.4, 0.5) is 5.13 Å². The van der Waals surface area contributed by atoms with Gasteiger partial charge in [0.15, 0.2) is 5.13 Å². The summed E-state index contributed by atoms with van der Waals surface area (Å²) in [7, 11) is 0. The van der Waals surface area contributed by atoms with Crippen molar-refractivity contribution in [1.82, 2.24) is 25.4 Å². The summed E-state index contributed by atoms with van der Waals surface area (Å²) in [5.74, 6) is -0.344. The van der Waals surface area contributed by atoms with Gasteiger partial charge >= 0.3 is 0 Å². The third kappa shape index (κ3) is 5.36. The van der Waals surface area contributed by atoms with Gasteiger partial charge in [0.05, 0.1) is 6.04 Å². The van der Waals surface area contributed by atoms with E-state index < -0.39 is 6.04 Å². The van der Waals surface area contributed by atoms with E-state index in [-0.39, 0.29) is 23.8 Å². The van der Waals surface area contributed by atoms with Crippen molar-refractivity contribution in [3.8, 4) is 0 Å². The number of amides is 2. The summed E-state index contributed by atoms with van der Waals surface area (Å²) >= 11 is 1.34. The molecule has 9 heteroatoms. The van der Waals surface area contributed by atoms with E-state index in [1.807, 2.05) is 24.7 Å². The largest absolute Gasteiger partial charge is 0.339 e. The summed E-state index contributed by atoms with van der Waals surface area (Å²) in [6, 6.07) is 1.33. The lowest BCUT2D eigenvalue weighted by molar-refractivity contribution is -0.118. The van der Waals surface area contributed by atoms with Crippen LogP contribution in [0.25, 0.3) is 0 Å². The van der Waals surface area contributed by atoms with Gasteiger partial charge in [0, 0.05) is 24.3 Å². The van der Waals surface area contributed by atoms with Gasteiger partial charge in [-0.2, -0.15) is 5.10 Å². The number of thiazole rings is 1. The molecule has 0 saturated carbocycles. The number of rotatable bonds is 7. The summed E-state index contributed by atoms with van der Waals surface area (Å²) in [4.78, 5) is 29.3. The predicted octanol–water partition coefficient (Wildman–Crippen LogP) is 2.05. The molecule has 2 aromatic heterocycles. The SMILES string of the molecule is CC(C)CC(NC(=O)c1ccn(C2CCCNC2)n1)C(=O)Nc1nccs1. The van der Waals surface area contributed by atoms with E-state index in [9.17, 15) is 9.59 Å². The number of nitrogens with one attached hydrogen (secondary N) is 3. The Hall–Kier alpha value is -2.26. The average Bonchev–Trinajstić information content (AvgIpc) is 3.33. The monoisotopic (exact) mass is 390 g/mol. The summed E-state index contributed by atoms with van der Waals surface area (Å²) in [6.07, 6.45) is 6.14. The maximum atomic E-state index is 12.6. The molecule has 1 fully saturated rings. The molecule has 146 valence electrons. The van der Waals surface area contributed by atoms with Crippen molar-refractivity contribution in [3.05, 3.63) is 29.5 Å². The highest BCUT2D eigenvalue weighted by molar-refractivity contribution is 7.13. The fourth-order valence-electron chi connectivity index (χ4n) is 3.13. The molecule has 2 atom stereocenters. The number of carbonyl (C=O) groups excluding carboxylic acids is 2. The Morgan fingerprint density at radius 1 is 1.44 bits per heavy atom. The zero-order valence-corrected chi connectivity index (χ0v) is 16.5.